The molecule has 1 aliphatic heterocycles. The summed E-state index contributed by atoms with van der Waals surface area (Å²) in [5, 5.41) is 10.6. The summed E-state index contributed by atoms with van der Waals surface area (Å²) in [5.74, 6) is -0.269. The molecule has 0 aromatic heterocycles. The van der Waals surface area contributed by atoms with Crippen LogP contribution in [0, 0.1) is 19.7 Å². The van der Waals surface area contributed by atoms with Crippen LogP contribution in [0.3, 0.4) is 0 Å². The predicted octanol–water partition coefficient (Wildman–Crippen LogP) is 2.36. The molecule has 2 nitrogen and oxygen atoms in total. The van der Waals surface area contributed by atoms with Crippen LogP contribution >= 0.6 is 0 Å². The van der Waals surface area contributed by atoms with Gasteiger partial charge in [-0.3, -0.25) is 0 Å². The first kappa shape index (κ1) is 12.5. The van der Waals surface area contributed by atoms with Gasteiger partial charge in [0.1, 0.15) is 5.82 Å². The fourth-order valence-corrected chi connectivity index (χ4v) is 2.74. The van der Waals surface area contributed by atoms with Crippen LogP contribution in [0.15, 0.2) is 12.1 Å². The van der Waals surface area contributed by atoms with Gasteiger partial charge in [-0.25, -0.2) is 4.39 Å². The average Bonchev–Trinajstić information content (AvgIpc) is 2.21. The molecule has 1 heterocycles. The molecule has 0 aliphatic carbocycles. The van der Waals surface area contributed by atoms with Gasteiger partial charge in [-0.2, -0.15) is 0 Å². The third kappa shape index (κ3) is 2.35. The van der Waals surface area contributed by atoms with E-state index < -0.39 is 5.60 Å². The maximum absolute atomic E-state index is 14.1. The number of likely N-dealkylation sites (tertiary alicyclic amines) is 1. The van der Waals surface area contributed by atoms with E-state index in [1.165, 1.54) is 6.07 Å². The molecule has 0 saturated carbocycles. The Balaban J connectivity index is 2.39. The minimum atomic E-state index is -0.992. The molecule has 1 fully saturated rings. The molecule has 0 amide bonds. The minimum absolute atomic E-state index is 0.269. The second-order valence-electron chi connectivity index (χ2n) is 5.27. The lowest BCUT2D eigenvalue weighted by molar-refractivity contribution is -0.0235. The van der Waals surface area contributed by atoms with Crippen molar-refractivity contribution >= 4 is 0 Å². The number of aliphatic hydroxyl groups is 1. The Hall–Kier alpha value is -0.930. The molecular weight excluding hydrogens is 217 g/mol. The normalized spacial score (nSPS) is 20.5. The van der Waals surface area contributed by atoms with Crippen molar-refractivity contribution in [2.75, 3.05) is 20.1 Å². The quantitative estimate of drug-likeness (QED) is 0.810. The van der Waals surface area contributed by atoms with E-state index in [1.54, 1.807) is 0 Å². The Morgan fingerprint density at radius 1 is 1.24 bits per heavy atom. The monoisotopic (exact) mass is 237 g/mol. The molecule has 17 heavy (non-hydrogen) atoms. The Bertz CT molecular complexity index is 399. The second kappa shape index (κ2) is 4.39. The van der Waals surface area contributed by atoms with Crippen LogP contribution in [0.2, 0.25) is 0 Å². The van der Waals surface area contributed by atoms with E-state index in [1.807, 2.05) is 27.0 Å². The zero-order valence-electron chi connectivity index (χ0n) is 10.8. The van der Waals surface area contributed by atoms with Gasteiger partial charge < -0.3 is 10.0 Å². The van der Waals surface area contributed by atoms with Gasteiger partial charge in [-0.1, -0.05) is 6.07 Å². The molecule has 0 bridgehead atoms. The van der Waals surface area contributed by atoms with Gasteiger partial charge in [-0.15, -0.1) is 0 Å². The molecule has 1 N–H and O–H groups in total. The lowest BCUT2D eigenvalue weighted by atomic mass is 9.81. The number of rotatable bonds is 1. The van der Waals surface area contributed by atoms with E-state index in [0.29, 0.717) is 18.4 Å². The molecule has 0 spiro atoms. The van der Waals surface area contributed by atoms with Gasteiger partial charge in [-0.05, 0) is 50.9 Å². The lowest BCUT2D eigenvalue weighted by Crippen LogP contribution is -2.41. The highest BCUT2D eigenvalue weighted by Gasteiger charge is 2.36. The van der Waals surface area contributed by atoms with E-state index in [0.717, 1.165) is 24.2 Å². The van der Waals surface area contributed by atoms with Gasteiger partial charge in [0.25, 0.3) is 0 Å². The summed E-state index contributed by atoms with van der Waals surface area (Å²) in [6, 6.07) is 3.45. The number of aryl methyl sites for hydroxylation is 2. The van der Waals surface area contributed by atoms with E-state index in [4.69, 9.17) is 0 Å². The van der Waals surface area contributed by atoms with Crippen LogP contribution in [-0.4, -0.2) is 30.1 Å². The Morgan fingerprint density at radius 3 is 2.35 bits per heavy atom. The van der Waals surface area contributed by atoms with Gasteiger partial charge in [0.05, 0.1) is 5.60 Å². The molecule has 3 heteroatoms. The fraction of sp³-hybridized carbons (Fsp3) is 0.571. The van der Waals surface area contributed by atoms with Crippen LogP contribution in [0.5, 0.6) is 0 Å². The number of piperidine rings is 1. The maximum Gasteiger partial charge on any atom is 0.129 e. The van der Waals surface area contributed by atoms with Crippen molar-refractivity contribution in [1.29, 1.82) is 0 Å². The summed E-state index contributed by atoms with van der Waals surface area (Å²) in [4.78, 5) is 2.16. The van der Waals surface area contributed by atoms with Crippen LogP contribution < -0.4 is 0 Å². The van der Waals surface area contributed by atoms with Crippen LogP contribution in [-0.2, 0) is 5.60 Å². The Kier molecular flexibility index (Phi) is 3.23. The Labute approximate surface area is 102 Å². The summed E-state index contributed by atoms with van der Waals surface area (Å²) in [7, 11) is 2.03. The van der Waals surface area contributed by atoms with Crippen LogP contribution in [0.4, 0.5) is 4.39 Å². The van der Waals surface area contributed by atoms with Crippen molar-refractivity contribution in [2.45, 2.75) is 32.3 Å². The van der Waals surface area contributed by atoms with Gasteiger partial charge in [0.15, 0.2) is 0 Å². The summed E-state index contributed by atoms with van der Waals surface area (Å²) in [5.41, 5.74) is 1.26. The molecule has 1 saturated heterocycles. The third-order valence-electron chi connectivity index (χ3n) is 3.71. The summed E-state index contributed by atoms with van der Waals surface area (Å²) in [6.07, 6.45) is 1.20. The van der Waals surface area contributed by atoms with E-state index in [2.05, 4.69) is 4.90 Å². The molecular formula is C14H20FNO. The van der Waals surface area contributed by atoms with E-state index in [9.17, 15) is 9.50 Å². The molecule has 94 valence electrons. The summed E-state index contributed by atoms with van der Waals surface area (Å²) >= 11 is 0. The van der Waals surface area contributed by atoms with Crippen molar-refractivity contribution in [2.24, 2.45) is 0 Å². The van der Waals surface area contributed by atoms with Crippen LogP contribution in [0.25, 0.3) is 0 Å². The minimum Gasteiger partial charge on any atom is -0.385 e. The third-order valence-corrected chi connectivity index (χ3v) is 3.71. The van der Waals surface area contributed by atoms with Crippen LogP contribution in [0.1, 0.15) is 29.5 Å². The van der Waals surface area contributed by atoms with E-state index >= 15 is 0 Å². The lowest BCUT2D eigenvalue weighted by Gasteiger charge is -2.38. The van der Waals surface area contributed by atoms with Crippen molar-refractivity contribution in [3.63, 3.8) is 0 Å². The first-order chi connectivity index (χ1) is 7.92. The highest BCUT2D eigenvalue weighted by atomic mass is 19.1. The standard InChI is InChI=1S/C14H20FNO/c1-10-8-11(2)13(12(15)9-10)14(17)4-6-16(3)7-5-14/h8-9,17H,4-7H2,1-3H3. The number of hydrogen-bond acceptors (Lipinski definition) is 2. The van der Waals surface area contributed by atoms with E-state index in [-0.39, 0.29) is 5.82 Å². The predicted molar refractivity (Wildman–Crippen MR) is 66.5 cm³/mol. The zero-order valence-corrected chi connectivity index (χ0v) is 10.8. The molecule has 0 radical (unpaired) electrons. The van der Waals surface area contributed by atoms with Gasteiger partial charge in [0, 0.05) is 18.7 Å². The van der Waals surface area contributed by atoms with Crippen molar-refractivity contribution in [3.8, 4) is 0 Å². The fourth-order valence-electron chi connectivity index (χ4n) is 2.74. The van der Waals surface area contributed by atoms with Crippen molar-refractivity contribution in [3.05, 3.63) is 34.6 Å². The molecule has 1 aliphatic rings. The molecule has 0 atom stereocenters. The largest absolute Gasteiger partial charge is 0.385 e. The first-order valence-electron chi connectivity index (χ1n) is 6.10. The van der Waals surface area contributed by atoms with Gasteiger partial charge >= 0.3 is 0 Å². The zero-order chi connectivity index (χ0) is 12.6. The smallest absolute Gasteiger partial charge is 0.129 e. The Morgan fingerprint density at radius 2 is 1.82 bits per heavy atom. The summed E-state index contributed by atoms with van der Waals surface area (Å²) < 4.78 is 14.1. The summed E-state index contributed by atoms with van der Waals surface area (Å²) in [6.45, 7) is 5.37. The molecule has 0 unspecified atom stereocenters. The molecule has 1 aromatic carbocycles. The molecule has 2 rings (SSSR count). The molecule has 1 aromatic rings. The highest BCUT2D eigenvalue weighted by Crippen LogP contribution is 2.36. The number of halogens is 1. The highest BCUT2D eigenvalue weighted by molar-refractivity contribution is 5.36. The number of benzene rings is 1. The van der Waals surface area contributed by atoms with Crippen molar-refractivity contribution in [1.82, 2.24) is 4.90 Å². The van der Waals surface area contributed by atoms with Crippen molar-refractivity contribution < 1.29 is 9.50 Å². The maximum atomic E-state index is 14.1. The average molecular weight is 237 g/mol. The van der Waals surface area contributed by atoms with Gasteiger partial charge in [0.2, 0.25) is 0 Å². The number of hydrogen-bond donors (Lipinski definition) is 1. The topological polar surface area (TPSA) is 23.5 Å². The SMILES string of the molecule is Cc1cc(C)c(C2(O)CCN(C)CC2)c(F)c1. The number of nitrogens with zero attached hydrogens (tertiary/aromatic N) is 1. The second-order valence-corrected chi connectivity index (χ2v) is 5.27. The first-order valence-corrected chi connectivity index (χ1v) is 6.10.